The average Bonchev–Trinajstić information content (AvgIpc) is 3.02. The molecule has 25 heavy (non-hydrogen) atoms. The maximum atomic E-state index is 12.2. The standard InChI is InChI=1S/C18H28N4O2S/c1-14(2)25(23,24)21-10-7-16(8-11-21)13-15-3-5-17(6-4-15)18-20-9-12-22(18)19/h3-6,14,16H,7-13,19H2,1-2H3. The monoisotopic (exact) mass is 364 g/mol. The van der Waals surface area contributed by atoms with Crippen LogP contribution in [0.4, 0.5) is 0 Å². The van der Waals surface area contributed by atoms with E-state index in [9.17, 15) is 8.42 Å². The third-order valence-electron chi connectivity index (χ3n) is 5.14. The van der Waals surface area contributed by atoms with Crippen molar-refractivity contribution in [3.63, 3.8) is 0 Å². The van der Waals surface area contributed by atoms with Gasteiger partial charge in [-0.15, -0.1) is 0 Å². The largest absolute Gasteiger partial charge is 0.293 e. The van der Waals surface area contributed by atoms with E-state index in [2.05, 4.69) is 29.3 Å². The van der Waals surface area contributed by atoms with Gasteiger partial charge in [0, 0.05) is 18.7 Å². The number of hydrazine groups is 1. The lowest BCUT2D eigenvalue weighted by atomic mass is 9.90. The zero-order valence-corrected chi connectivity index (χ0v) is 15.9. The lowest BCUT2D eigenvalue weighted by molar-refractivity contribution is 0.271. The van der Waals surface area contributed by atoms with Crippen LogP contribution >= 0.6 is 0 Å². The Morgan fingerprint density at radius 3 is 2.32 bits per heavy atom. The van der Waals surface area contributed by atoms with Gasteiger partial charge in [-0.05, 0) is 44.6 Å². The van der Waals surface area contributed by atoms with Crippen molar-refractivity contribution in [2.24, 2.45) is 16.8 Å². The van der Waals surface area contributed by atoms with E-state index in [0.717, 1.165) is 43.8 Å². The molecule has 138 valence electrons. The van der Waals surface area contributed by atoms with Crippen LogP contribution in [-0.2, 0) is 16.4 Å². The molecule has 1 aromatic carbocycles. The third kappa shape index (κ3) is 4.04. The summed E-state index contributed by atoms with van der Waals surface area (Å²) in [4.78, 5) is 4.43. The van der Waals surface area contributed by atoms with E-state index in [0.29, 0.717) is 19.0 Å². The SMILES string of the molecule is CC(C)S(=O)(=O)N1CCC(Cc2ccc(C3=NCCN3N)cc2)CC1. The highest BCUT2D eigenvalue weighted by Gasteiger charge is 2.30. The summed E-state index contributed by atoms with van der Waals surface area (Å²) >= 11 is 0. The van der Waals surface area contributed by atoms with Gasteiger partial charge in [-0.25, -0.2) is 18.6 Å². The molecule has 0 saturated carbocycles. The Kier molecular flexibility index (Phi) is 5.46. The molecule has 2 aliphatic rings. The van der Waals surface area contributed by atoms with Gasteiger partial charge in [0.05, 0.1) is 18.3 Å². The number of piperidine rings is 1. The fraction of sp³-hybridized carbons (Fsp3) is 0.611. The predicted octanol–water partition coefficient (Wildman–Crippen LogP) is 1.62. The number of hydrogen-bond donors (Lipinski definition) is 1. The van der Waals surface area contributed by atoms with Crippen molar-refractivity contribution in [1.29, 1.82) is 0 Å². The Hall–Kier alpha value is -1.44. The summed E-state index contributed by atoms with van der Waals surface area (Å²) in [7, 11) is -3.11. The van der Waals surface area contributed by atoms with Crippen molar-refractivity contribution in [3.05, 3.63) is 35.4 Å². The van der Waals surface area contributed by atoms with E-state index in [4.69, 9.17) is 5.84 Å². The number of amidine groups is 1. The Morgan fingerprint density at radius 1 is 1.16 bits per heavy atom. The van der Waals surface area contributed by atoms with Crippen molar-refractivity contribution >= 4 is 15.9 Å². The van der Waals surface area contributed by atoms with Crippen LogP contribution in [0.15, 0.2) is 29.3 Å². The highest BCUT2D eigenvalue weighted by molar-refractivity contribution is 7.89. The highest BCUT2D eigenvalue weighted by atomic mass is 32.2. The van der Waals surface area contributed by atoms with Crippen LogP contribution in [0.25, 0.3) is 0 Å². The fourth-order valence-corrected chi connectivity index (χ4v) is 4.82. The predicted molar refractivity (Wildman–Crippen MR) is 101 cm³/mol. The van der Waals surface area contributed by atoms with Crippen molar-refractivity contribution in [1.82, 2.24) is 9.31 Å². The molecule has 2 heterocycles. The summed E-state index contributed by atoms with van der Waals surface area (Å²) in [6.07, 6.45) is 2.85. The Labute approximate surface area is 150 Å². The molecular formula is C18H28N4O2S. The number of benzene rings is 1. The van der Waals surface area contributed by atoms with E-state index >= 15 is 0 Å². The van der Waals surface area contributed by atoms with Crippen LogP contribution in [0.3, 0.4) is 0 Å². The van der Waals surface area contributed by atoms with Crippen molar-refractivity contribution < 1.29 is 8.42 Å². The first-order valence-electron chi connectivity index (χ1n) is 9.03. The minimum absolute atomic E-state index is 0.336. The van der Waals surface area contributed by atoms with Crippen molar-refractivity contribution in [3.8, 4) is 0 Å². The van der Waals surface area contributed by atoms with Gasteiger partial charge in [0.15, 0.2) is 0 Å². The van der Waals surface area contributed by atoms with E-state index in [-0.39, 0.29) is 5.25 Å². The molecule has 3 rings (SSSR count). The zero-order chi connectivity index (χ0) is 18.0. The molecule has 0 atom stereocenters. The van der Waals surface area contributed by atoms with Gasteiger partial charge in [0.25, 0.3) is 0 Å². The molecule has 0 unspecified atom stereocenters. The number of rotatable bonds is 5. The molecule has 0 radical (unpaired) electrons. The van der Waals surface area contributed by atoms with E-state index in [1.165, 1.54) is 5.56 Å². The van der Waals surface area contributed by atoms with Gasteiger partial charge in [0.1, 0.15) is 5.84 Å². The van der Waals surface area contributed by atoms with Gasteiger partial charge < -0.3 is 0 Å². The molecule has 1 fully saturated rings. The first kappa shape index (κ1) is 18.4. The first-order chi connectivity index (χ1) is 11.9. The lowest BCUT2D eigenvalue weighted by Crippen LogP contribution is -2.42. The second-order valence-corrected chi connectivity index (χ2v) is 9.73. The van der Waals surface area contributed by atoms with Gasteiger partial charge in [-0.2, -0.15) is 0 Å². The van der Waals surface area contributed by atoms with Crippen LogP contribution in [-0.4, -0.2) is 55.0 Å². The van der Waals surface area contributed by atoms with Crippen LogP contribution in [0.5, 0.6) is 0 Å². The summed E-state index contributed by atoms with van der Waals surface area (Å²) in [5.41, 5.74) is 2.35. The summed E-state index contributed by atoms with van der Waals surface area (Å²) in [6.45, 7) is 6.31. The minimum Gasteiger partial charge on any atom is -0.293 e. The van der Waals surface area contributed by atoms with Crippen molar-refractivity contribution in [2.45, 2.75) is 38.4 Å². The number of aliphatic imine (C=N–C) groups is 1. The first-order valence-corrected chi connectivity index (χ1v) is 10.5. The zero-order valence-electron chi connectivity index (χ0n) is 15.1. The number of sulfonamides is 1. The number of nitrogens with zero attached hydrogens (tertiary/aromatic N) is 3. The summed E-state index contributed by atoms with van der Waals surface area (Å²) < 4.78 is 26.1. The molecule has 0 spiro atoms. The molecular weight excluding hydrogens is 336 g/mol. The quantitative estimate of drug-likeness (QED) is 0.805. The van der Waals surface area contributed by atoms with Crippen LogP contribution < -0.4 is 5.84 Å². The lowest BCUT2D eigenvalue weighted by Gasteiger charge is -2.32. The van der Waals surface area contributed by atoms with Crippen molar-refractivity contribution in [2.75, 3.05) is 26.2 Å². The normalized spacial score (nSPS) is 20.3. The van der Waals surface area contributed by atoms with E-state index < -0.39 is 10.0 Å². The summed E-state index contributed by atoms with van der Waals surface area (Å²) in [5, 5.41) is 1.36. The Balaban J connectivity index is 1.56. The highest BCUT2D eigenvalue weighted by Crippen LogP contribution is 2.25. The molecule has 7 heteroatoms. The number of nitrogens with two attached hydrogens (primary N) is 1. The van der Waals surface area contributed by atoms with Gasteiger partial charge in [-0.3, -0.25) is 10.0 Å². The minimum atomic E-state index is -3.11. The Morgan fingerprint density at radius 2 is 1.80 bits per heavy atom. The molecule has 2 aliphatic heterocycles. The Bertz CT molecular complexity index is 720. The number of hydrogen-bond acceptors (Lipinski definition) is 5. The van der Waals surface area contributed by atoms with Gasteiger partial charge in [0.2, 0.25) is 10.0 Å². The van der Waals surface area contributed by atoms with E-state index in [1.807, 2.05) is 0 Å². The summed E-state index contributed by atoms with van der Waals surface area (Å²) in [5.74, 6) is 7.32. The molecule has 2 N–H and O–H groups in total. The van der Waals surface area contributed by atoms with Crippen LogP contribution in [0.1, 0.15) is 37.8 Å². The summed E-state index contributed by atoms with van der Waals surface area (Å²) in [6, 6.07) is 8.44. The molecule has 1 saturated heterocycles. The van der Waals surface area contributed by atoms with Gasteiger partial charge in [-0.1, -0.05) is 24.3 Å². The average molecular weight is 365 g/mol. The second-order valence-electron chi connectivity index (χ2n) is 7.24. The maximum absolute atomic E-state index is 12.2. The topological polar surface area (TPSA) is 79.0 Å². The second kappa shape index (κ2) is 7.43. The third-order valence-corrected chi connectivity index (χ3v) is 7.42. The molecule has 0 aliphatic carbocycles. The molecule has 6 nitrogen and oxygen atoms in total. The smallest absolute Gasteiger partial charge is 0.216 e. The maximum Gasteiger partial charge on any atom is 0.216 e. The molecule has 0 amide bonds. The molecule has 0 bridgehead atoms. The van der Waals surface area contributed by atoms with Gasteiger partial charge >= 0.3 is 0 Å². The molecule has 0 aromatic heterocycles. The molecule has 1 aromatic rings. The van der Waals surface area contributed by atoms with Crippen LogP contribution in [0, 0.1) is 5.92 Å². The fourth-order valence-electron chi connectivity index (χ4n) is 3.51. The van der Waals surface area contributed by atoms with Crippen LogP contribution in [0.2, 0.25) is 0 Å². The van der Waals surface area contributed by atoms with E-state index in [1.54, 1.807) is 23.2 Å².